The lowest BCUT2D eigenvalue weighted by Gasteiger charge is -2.12. The van der Waals surface area contributed by atoms with Crippen LogP contribution in [0.4, 0.5) is 0 Å². The topological polar surface area (TPSA) is 3.24 Å². The summed E-state index contributed by atoms with van der Waals surface area (Å²) in [4.78, 5) is 2.21. The first-order valence-corrected chi connectivity index (χ1v) is 4.21. The second kappa shape index (κ2) is 4.78. The van der Waals surface area contributed by atoms with Gasteiger partial charge >= 0.3 is 0 Å². The van der Waals surface area contributed by atoms with Crippen molar-refractivity contribution in [3.8, 4) is 0 Å². The monoisotopic (exact) mass is 149 g/mol. The highest BCUT2D eigenvalue weighted by atomic mass is 15.1. The van der Waals surface area contributed by atoms with Crippen LogP contribution >= 0.6 is 0 Å². The zero-order valence-corrected chi connectivity index (χ0v) is 7.03. The van der Waals surface area contributed by atoms with Crippen LogP contribution < -0.4 is 0 Å². The van der Waals surface area contributed by atoms with Crippen molar-refractivity contribution in [2.45, 2.75) is 19.8 Å². The zero-order chi connectivity index (χ0) is 7.94. The fraction of sp³-hybridized carbons (Fsp3) is 0.400. The van der Waals surface area contributed by atoms with Crippen LogP contribution in [0.2, 0.25) is 0 Å². The van der Waals surface area contributed by atoms with Crippen LogP contribution in [-0.4, -0.2) is 11.4 Å². The lowest BCUT2D eigenvalue weighted by Crippen LogP contribution is -2.09. The predicted octanol–water partition coefficient (Wildman–Crippen LogP) is 2.69. The summed E-state index contributed by atoms with van der Waals surface area (Å²) >= 11 is 0. The number of hydrogen-bond acceptors (Lipinski definition) is 1. The van der Waals surface area contributed by atoms with Crippen LogP contribution in [0.1, 0.15) is 19.8 Å². The van der Waals surface area contributed by atoms with Crippen LogP contribution in [0.25, 0.3) is 0 Å². The van der Waals surface area contributed by atoms with Gasteiger partial charge in [0.25, 0.3) is 0 Å². The maximum absolute atomic E-state index is 2.21. The Bertz CT molecular complexity index is 161. The maximum Gasteiger partial charge on any atom is 0.0219 e. The number of hydrogen-bond donors (Lipinski definition) is 0. The number of allylic oxidation sites excluding steroid dienone is 4. The van der Waals surface area contributed by atoms with Gasteiger partial charge in [-0.15, -0.1) is 0 Å². The van der Waals surface area contributed by atoms with E-state index in [0.29, 0.717) is 0 Å². The minimum absolute atomic E-state index is 1.13. The molecule has 0 spiro atoms. The average Bonchev–Trinajstić information content (AvgIpc) is 2.28. The summed E-state index contributed by atoms with van der Waals surface area (Å²) in [5, 5.41) is 0. The third-order valence-electron chi connectivity index (χ3n) is 1.66. The van der Waals surface area contributed by atoms with Crippen LogP contribution in [0.15, 0.2) is 36.7 Å². The van der Waals surface area contributed by atoms with E-state index in [-0.39, 0.29) is 0 Å². The smallest absolute Gasteiger partial charge is 0.0219 e. The Morgan fingerprint density at radius 2 is 1.64 bits per heavy atom. The molecule has 1 heteroatoms. The first kappa shape index (κ1) is 8.12. The van der Waals surface area contributed by atoms with E-state index in [2.05, 4.69) is 36.4 Å². The molecule has 0 N–H and O–H groups in total. The molecule has 0 fully saturated rings. The van der Waals surface area contributed by atoms with Crippen LogP contribution in [0.3, 0.4) is 0 Å². The minimum Gasteiger partial charge on any atom is -0.354 e. The van der Waals surface area contributed by atoms with Gasteiger partial charge in [-0.25, -0.2) is 0 Å². The number of unbranched alkanes of at least 4 members (excludes halogenated alkanes) is 1. The second-order valence-corrected chi connectivity index (χ2v) is 2.66. The second-order valence-electron chi connectivity index (χ2n) is 2.66. The van der Waals surface area contributed by atoms with E-state index in [4.69, 9.17) is 0 Å². The molecule has 0 aliphatic carbocycles. The van der Waals surface area contributed by atoms with Crippen molar-refractivity contribution in [2.24, 2.45) is 0 Å². The minimum atomic E-state index is 1.13. The van der Waals surface area contributed by atoms with E-state index in [1.165, 1.54) is 12.8 Å². The molecule has 1 rings (SSSR count). The van der Waals surface area contributed by atoms with E-state index < -0.39 is 0 Å². The van der Waals surface area contributed by atoms with Gasteiger partial charge in [0.05, 0.1) is 0 Å². The summed E-state index contributed by atoms with van der Waals surface area (Å²) in [6, 6.07) is 0. The number of nitrogens with zero attached hydrogens (tertiary/aromatic N) is 1. The average molecular weight is 149 g/mol. The highest BCUT2D eigenvalue weighted by Gasteiger charge is 1.92. The highest BCUT2D eigenvalue weighted by Crippen LogP contribution is 2.00. The Morgan fingerprint density at radius 3 is 2.18 bits per heavy atom. The van der Waals surface area contributed by atoms with Gasteiger partial charge in [0.2, 0.25) is 0 Å². The van der Waals surface area contributed by atoms with Crippen molar-refractivity contribution in [1.82, 2.24) is 4.90 Å². The van der Waals surface area contributed by atoms with Gasteiger partial charge in [-0.1, -0.05) is 25.5 Å². The lowest BCUT2D eigenvalue weighted by atomic mass is 10.3. The molecule has 0 amide bonds. The summed E-state index contributed by atoms with van der Waals surface area (Å²) in [6.07, 6.45) is 14.9. The fourth-order valence-electron chi connectivity index (χ4n) is 0.988. The quantitative estimate of drug-likeness (QED) is 0.596. The van der Waals surface area contributed by atoms with Crippen molar-refractivity contribution in [3.63, 3.8) is 0 Å². The highest BCUT2D eigenvalue weighted by molar-refractivity contribution is 5.15. The molecule has 0 aromatic heterocycles. The van der Waals surface area contributed by atoms with Gasteiger partial charge in [-0.2, -0.15) is 0 Å². The van der Waals surface area contributed by atoms with Gasteiger partial charge in [0.15, 0.2) is 0 Å². The van der Waals surface area contributed by atoms with Gasteiger partial charge in [0, 0.05) is 18.9 Å². The summed E-state index contributed by atoms with van der Waals surface area (Å²) in [7, 11) is 0. The Kier molecular flexibility index (Phi) is 3.53. The Hall–Kier alpha value is -0.980. The molecule has 0 aromatic rings. The van der Waals surface area contributed by atoms with Crippen LogP contribution in [-0.2, 0) is 0 Å². The van der Waals surface area contributed by atoms with Crippen molar-refractivity contribution >= 4 is 0 Å². The molecule has 0 saturated heterocycles. The lowest BCUT2D eigenvalue weighted by molar-refractivity contribution is 0.486. The molecule has 1 nitrogen and oxygen atoms in total. The Morgan fingerprint density at radius 1 is 1.00 bits per heavy atom. The molecular formula is C10H15N. The molecule has 1 aliphatic heterocycles. The first-order valence-electron chi connectivity index (χ1n) is 4.21. The van der Waals surface area contributed by atoms with Crippen molar-refractivity contribution in [2.75, 3.05) is 6.54 Å². The standard InChI is InChI=1S/C10H15N/c1-2-3-8-11-9-6-4-5-7-10-11/h4-7,9-10H,2-3,8H2,1H3. The molecular weight excluding hydrogens is 134 g/mol. The van der Waals surface area contributed by atoms with Gasteiger partial charge < -0.3 is 4.90 Å². The SMILES string of the molecule is CCCCN1C=CC=CC=C1. The molecule has 0 radical (unpaired) electrons. The summed E-state index contributed by atoms with van der Waals surface area (Å²) in [5.74, 6) is 0. The third-order valence-corrected chi connectivity index (χ3v) is 1.66. The van der Waals surface area contributed by atoms with E-state index in [0.717, 1.165) is 6.54 Å². The Balaban J connectivity index is 2.34. The van der Waals surface area contributed by atoms with E-state index in [9.17, 15) is 0 Å². The molecule has 0 atom stereocenters. The van der Waals surface area contributed by atoms with E-state index >= 15 is 0 Å². The van der Waals surface area contributed by atoms with Crippen molar-refractivity contribution < 1.29 is 0 Å². The van der Waals surface area contributed by atoms with Gasteiger partial charge in [-0.3, -0.25) is 0 Å². The molecule has 0 aromatic carbocycles. The molecule has 0 unspecified atom stereocenters. The van der Waals surface area contributed by atoms with Gasteiger partial charge in [-0.05, 0) is 18.6 Å². The van der Waals surface area contributed by atoms with Crippen molar-refractivity contribution in [1.29, 1.82) is 0 Å². The normalized spacial score (nSPS) is 15.5. The summed E-state index contributed by atoms with van der Waals surface area (Å²) in [6.45, 7) is 3.34. The summed E-state index contributed by atoms with van der Waals surface area (Å²) < 4.78 is 0. The van der Waals surface area contributed by atoms with E-state index in [1.807, 2.05) is 12.2 Å². The maximum atomic E-state index is 2.21. The Labute approximate surface area is 68.7 Å². The van der Waals surface area contributed by atoms with E-state index in [1.54, 1.807) is 0 Å². The first-order chi connectivity index (χ1) is 5.43. The van der Waals surface area contributed by atoms with Gasteiger partial charge in [0.1, 0.15) is 0 Å². The van der Waals surface area contributed by atoms with Crippen molar-refractivity contribution in [3.05, 3.63) is 36.7 Å². The zero-order valence-electron chi connectivity index (χ0n) is 7.03. The molecule has 1 aliphatic rings. The van der Waals surface area contributed by atoms with Crippen LogP contribution in [0.5, 0.6) is 0 Å². The fourth-order valence-corrected chi connectivity index (χ4v) is 0.988. The molecule has 0 bridgehead atoms. The molecule has 1 heterocycles. The molecule has 60 valence electrons. The molecule has 0 saturated carbocycles. The largest absolute Gasteiger partial charge is 0.354 e. The summed E-state index contributed by atoms with van der Waals surface area (Å²) in [5.41, 5.74) is 0. The predicted molar refractivity (Wildman–Crippen MR) is 49.0 cm³/mol. The van der Waals surface area contributed by atoms with Crippen LogP contribution in [0, 0.1) is 0 Å². The molecule has 11 heavy (non-hydrogen) atoms. The number of rotatable bonds is 3. The third kappa shape index (κ3) is 3.08.